The fourth-order valence-corrected chi connectivity index (χ4v) is 3.10. The Kier molecular flexibility index (Phi) is 4.73. The molecule has 0 spiro atoms. The summed E-state index contributed by atoms with van der Waals surface area (Å²) in [7, 11) is -3.84. The second-order valence-electron chi connectivity index (χ2n) is 4.40. The predicted molar refractivity (Wildman–Crippen MR) is 84.1 cm³/mol. The van der Waals surface area contributed by atoms with Gasteiger partial charge < -0.3 is 5.73 Å². The van der Waals surface area contributed by atoms with E-state index >= 15 is 0 Å². The molecule has 0 radical (unpaired) electrons. The number of aromatic nitrogens is 1. The summed E-state index contributed by atoms with van der Waals surface area (Å²) in [5, 5.41) is 0.565. The lowest BCUT2D eigenvalue weighted by Crippen LogP contribution is -2.15. The number of nitrogens with zero attached hydrogens (tertiary/aromatic N) is 1. The highest BCUT2D eigenvalue weighted by Gasteiger charge is 2.18. The van der Waals surface area contributed by atoms with Crippen molar-refractivity contribution in [2.45, 2.75) is 18.5 Å². The number of benzene rings is 1. The molecule has 21 heavy (non-hydrogen) atoms. The molecule has 0 aliphatic carbocycles. The molecule has 0 atom stereocenters. The van der Waals surface area contributed by atoms with E-state index in [1.54, 1.807) is 19.1 Å². The van der Waals surface area contributed by atoms with Crippen molar-refractivity contribution in [3.05, 3.63) is 51.6 Å². The van der Waals surface area contributed by atoms with Crippen LogP contribution in [0.15, 0.2) is 35.5 Å². The van der Waals surface area contributed by atoms with E-state index in [1.807, 2.05) is 0 Å². The molecule has 112 valence electrons. The van der Waals surface area contributed by atoms with E-state index in [4.69, 9.17) is 28.9 Å². The van der Waals surface area contributed by atoms with Crippen LogP contribution in [0.5, 0.6) is 0 Å². The third-order valence-corrected chi connectivity index (χ3v) is 4.80. The molecule has 0 aliphatic heterocycles. The fraction of sp³-hybridized carbons (Fsp3) is 0.154. The molecule has 0 saturated carbocycles. The highest BCUT2D eigenvalue weighted by molar-refractivity contribution is 7.92. The molecule has 0 bridgehead atoms. The highest BCUT2D eigenvalue weighted by Crippen LogP contribution is 2.30. The Morgan fingerprint density at radius 3 is 2.52 bits per heavy atom. The lowest BCUT2D eigenvalue weighted by atomic mass is 10.2. The van der Waals surface area contributed by atoms with Gasteiger partial charge in [0.15, 0.2) is 5.03 Å². The number of rotatable bonds is 4. The van der Waals surface area contributed by atoms with E-state index in [1.165, 1.54) is 18.3 Å². The Bertz CT molecular complexity index is 762. The van der Waals surface area contributed by atoms with Crippen molar-refractivity contribution in [1.82, 2.24) is 4.98 Å². The second kappa shape index (κ2) is 6.19. The predicted octanol–water partition coefficient (Wildman–Crippen LogP) is 2.96. The molecule has 0 unspecified atom stereocenters. The SMILES string of the molecule is Cc1cc(Cl)c(NS(=O)(=O)c2ccc(CN)cn2)cc1Cl. The highest BCUT2D eigenvalue weighted by atomic mass is 35.5. The van der Waals surface area contributed by atoms with Gasteiger partial charge in [0.1, 0.15) is 0 Å². The van der Waals surface area contributed by atoms with Gasteiger partial charge >= 0.3 is 0 Å². The van der Waals surface area contributed by atoms with Crippen LogP contribution in [0.2, 0.25) is 10.0 Å². The maximum atomic E-state index is 12.2. The van der Waals surface area contributed by atoms with Crippen LogP contribution in [0.3, 0.4) is 0 Å². The molecule has 0 fully saturated rings. The average Bonchev–Trinajstić information content (AvgIpc) is 2.44. The van der Waals surface area contributed by atoms with E-state index in [9.17, 15) is 8.42 Å². The van der Waals surface area contributed by atoms with Gasteiger partial charge in [0, 0.05) is 17.8 Å². The average molecular weight is 346 g/mol. The van der Waals surface area contributed by atoms with Gasteiger partial charge in [-0.15, -0.1) is 0 Å². The Morgan fingerprint density at radius 2 is 1.95 bits per heavy atom. The Balaban J connectivity index is 2.34. The first-order chi connectivity index (χ1) is 9.83. The number of nitrogens with one attached hydrogen (secondary N) is 1. The molecule has 5 nitrogen and oxygen atoms in total. The molecule has 0 aliphatic rings. The van der Waals surface area contributed by atoms with Crippen LogP contribution in [-0.2, 0) is 16.6 Å². The number of sulfonamides is 1. The van der Waals surface area contributed by atoms with Gasteiger partial charge in [-0.2, -0.15) is 8.42 Å². The van der Waals surface area contributed by atoms with Gasteiger partial charge in [-0.05, 0) is 36.2 Å². The van der Waals surface area contributed by atoms with Crippen molar-refractivity contribution < 1.29 is 8.42 Å². The van der Waals surface area contributed by atoms with Gasteiger partial charge in [0.05, 0.1) is 10.7 Å². The smallest absolute Gasteiger partial charge is 0.279 e. The van der Waals surface area contributed by atoms with E-state index < -0.39 is 10.0 Å². The van der Waals surface area contributed by atoms with Crippen LogP contribution >= 0.6 is 23.2 Å². The third kappa shape index (κ3) is 3.65. The molecular formula is C13H13Cl2N3O2S. The van der Waals surface area contributed by atoms with E-state index in [0.29, 0.717) is 11.6 Å². The molecule has 8 heteroatoms. The molecule has 1 aromatic carbocycles. The summed E-state index contributed by atoms with van der Waals surface area (Å²) in [4.78, 5) is 3.88. The zero-order valence-corrected chi connectivity index (χ0v) is 13.4. The van der Waals surface area contributed by atoms with E-state index in [2.05, 4.69) is 9.71 Å². The zero-order valence-electron chi connectivity index (χ0n) is 11.1. The summed E-state index contributed by atoms with van der Waals surface area (Å²) in [5.74, 6) is 0. The van der Waals surface area contributed by atoms with Crippen LogP contribution in [-0.4, -0.2) is 13.4 Å². The summed E-state index contributed by atoms with van der Waals surface area (Å²) in [6, 6.07) is 6.04. The number of halogens is 2. The topological polar surface area (TPSA) is 85.1 Å². The summed E-state index contributed by atoms with van der Waals surface area (Å²) in [6.07, 6.45) is 1.41. The minimum Gasteiger partial charge on any atom is -0.326 e. The number of anilines is 1. The lowest BCUT2D eigenvalue weighted by molar-refractivity contribution is 0.597. The number of pyridine rings is 1. The van der Waals surface area contributed by atoms with Crippen molar-refractivity contribution in [2.24, 2.45) is 5.73 Å². The van der Waals surface area contributed by atoms with Crippen LogP contribution in [0.25, 0.3) is 0 Å². The number of hydrogen-bond donors (Lipinski definition) is 2. The maximum Gasteiger partial charge on any atom is 0.279 e. The van der Waals surface area contributed by atoms with Crippen molar-refractivity contribution in [2.75, 3.05) is 4.72 Å². The number of aryl methyl sites for hydroxylation is 1. The molecule has 2 aromatic rings. The quantitative estimate of drug-likeness (QED) is 0.891. The van der Waals surface area contributed by atoms with Crippen molar-refractivity contribution in [3.63, 3.8) is 0 Å². The largest absolute Gasteiger partial charge is 0.326 e. The van der Waals surface area contributed by atoms with Gasteiger partial charge in [-0.25, -0.2) is 4.98 Å². The molecule has 0 amide bonds. The Labute approximate surface area is 133 Å². The van der Waals surface area contributed by atoms with Gasteiger partial charge in [0.25, 0.3) is 10.0 Å². The van der Waals surface area contributed by atoms with Crippen LogP contribution in [0, 0.1) is 6.92 Å². The van der Waals surface area contributed by atoms with Crippen molar-refractivity contribution in [1.29, 1.82) is 0 Å². The maximum absolute atomic E-state index is 12.2. The monoisotopic (exact) mass is 345 g/mol. The molecule has 3 N–H and O–H groups in total. The number of nitrogens with two attached hydrogens (primary N) is 1. The fourth-order valence-electron chi connectivity index (χ4n) is 1.61. The van der Waals surface area contributed by atoms with E-state index in [-0.39, 0.29) is 15.7 Å². The van der Waals surface area contributed by atoms with Crippen molar-refractivity contribution in [3.8, 4) is 0 Å². The summed E-state index contributed by atoms with van der Waals surface area (Å²) >= 11 is 12.0. The zero-order chi connectivity index (χ0) is 15.6. The summed E-state index contributed by atoms with van der Waals surface area (Å²) < 4.78 is 26.9. The molecular weight excluding hydrogens is 333 g/mol. The summed E-state index contributed by atoms with van der Waals surface area (Å²) in [5.41, 5.74) is 7.15. The normalized spacial score (nSPS) is 11.4. The van der Waals surface area contributed by atoms with Crippen molar-refractivity contribution >= 4 is 38.9 Å². The first-order valence-electron chi connectivity index (χ1n) is 5.97. The standard InChI is InChI=1S/C13H13Cl2N3O2S/c1-8-4-11(15)12(5-10(8)14)18-21(19,20)13-3-2-9(6-16)7-17-13/h2-5,7,18H,6,16H2,1H3. The molecule has 0 saturated heterocycles. The molecule has 1 aromatic heterocycles. The number of hydrogen-bond acceptors (Lipinski definition) is 4. The lowest BCUT2D eigenvalue weighted by Gasteiger charge is -2.11. The van der Waals surface area contributed by atoms with Crippen LogP contribution in [0.4, 0.5) is 5.69 Å². The van der Waals surface area contributed by atoms with Gasteiger partial charge in [-0.3, -0.25) is 4.72 Å². The molecule has 1 heterocycles. The minimum absolute atomic E-state index is 0.118. The van der Waals surface area contributed by atoms with Crippen LogP contribution < -0.4 is 10.5 Å². The van der Waals surface area contributed by atoms with Gasteiger partial charge in [0.2, 0.25) is 0 Å². The Morgan fingerprint density at radius 1 is 1.24 bits per heavy atom. The second-order valence-corrected chi connectivity index (χ2v) is 6.84. The third-order valence-electron chi connectivity index (χ3n) is 2.80. The first-order valence-corrected chi connectivity index (χ1v) is 8.21. The van der Waals surface area contributed by atoms with Crippen LogP contribution in [0.1, 0.15) is 11.1 Å². The summed E-state index contributed by atoms with van der Waals surface area (Å²) in [6.45, 7) is 2.07. The minimum atomic E-state index is -3.84. The molecule has 2 rings (SSSR count). The first kappa shape index (κ1) is 16.0. The van der Waals surface area contributed by atoms with Gasteiger partial charge in [-0.1, -0.05) is 29.3 Å². The van der Waals surface area contributed by atoms with E-state index in [0.717, 1.165) is 11.1 Å². The Hall–Kier alpha value is -1.34.